The highest BCUT2D eigenvalue weighted by molar-refractivity contribution is 5.75. The van der Waals surface area contributed by atoms with Gasteiger partial charge in [-0.3, -0.25) is 0 Å². The molecule has 1 saturated heterocycles. The fourth-order valence-corrected chi connectivity index (χ4v) is 4.48. The first-order valence-corrected chi connectivity index (χ1v) is 10.1. The molecule has 3 saturated carbocycles. The predicted octanol–water partition coefficient (Wildman–Crippen LogP) is 3.37. The number of likely N-dealkylation sites (tertiary alicyclic amines) is 1. The molecule has 0 atom stereocenters. The van der Waals surface area contributed by atoms with Crippen LogP contribution < -0.4 is 5.32 Å². The van der Waals surface area contributed by atoms with E-state index in [-0.39, 0.29) is 6.03 Å². The topological polar surface area (TPSA) is 35.6 Å². The van der Waals surface area contributed by atoms with Crippen LogP contribution in [0, 0.1) is 5.92 Å². The van der Waals surface area contributed by atoms with E-state index in [1.54, 1.807) is 0 Å². The number of piperidine rings is 1. The van der Waals surface area contributed by atoms with Gasteiger partial charge in [-0.15, -0.1) is 0 Å². The van der Waals surface area contributed by atoms with Gasteiger partial charge in [0.05, 0.1) is 0 Å². The molecule has 1 aliphatic heterocycles. The molecule has 0 radical (unpaired) electrons. The maximum absolute atomic E-state index is 12.9. The van der Waals surface area contributed by atoms with Crippen LogP contribution in [0.2, 0.25) is 0 Å². The van der Waals surface area contributed by atoms with Crippen molar-refractivity contribution < 1.29 is 4.79 Å². The molecule has 4 aliphatic rings. The molecule has 0 aromatic carbocycles. The molecule has 4 fully saturated rings. The average molecular weight is 319 g/mol. The van der Waals surface area contributed by atoms with Crippen molar-refractivity contribution in [3.05, 3.63) is 0 Å². The van der Waals surface area contributed by atoms with Crippen molar-refractivity contribution >= 4 is 6.03 Å². The second-order valence-corrected chi connectivity index (χ2v) is 8.38. The van der Waals surface area contributed by atoms with Gasteiger partial charge in [0.1, 0.15) is 0 Å². The van der Waals surface area contributed by atoms with Gasteiger partial charge in [-0.05, 0) is 57.3 Å². The van der Waals surface area contributed by atoms with Gasteiger partial charge in [-0.2, -0.15) is 0 Å². The van der Waals surface area contributed by atoms with Crippen molar-refractivity contribution in [2.24, 2.45) is 5.92 Å². The van der Waals surface area contributed by atoms with Crippen molar-refractivity contribution in [2.45, 2.75) is 88.8 Å². The molecule has 1 N–H and O–H groups in total. The Kier molecular flexibility index (Phi) is 4.79. The Morgan fingerprint density at radius 2 is 1.61 bits per heavy atom. The lowest BCUT2D eigenvalue weighted by molar-refractivity contribution is 0.139. The third-order valence-corrected chi connectivity index (χ3v) is 6.35. The molecule has 4 heteroatoms. The molecule has 0 unspecified atom stereocenters. The number of nitrogens with one attached hydrogen (secondary N) is 1. The molecule has 4 nitrogen and oxygen atoms in total. The standard InChI is InChI=1S/C19H33N3O/c23-19(20-16-10-12-21(13-11-16)17-8-9-17)22(14-15-6-7-15)18-4-2-1-3-5-18/h15-18H,1-14H2,(H,20,23). The first-order chi connectivity index (χ1) is 11.3. The van der Waals surface area contributed by atoms with E-state index in [1.165, 1.54) is 70.9 Å². The molecule has 130 valence electrons. The van der Waals surface area contributed by atoms with Gasteiger partial charge in [0, 0.05) is 37.8 Å². The molecule has 0 aromatic heterocycles. The second-order valence-electron chi connectivity index (χ2n) is 8.38. The van der Waals surface area contributed by atoms with Crippen molar-refractivity contribution in [3.8, 4) is 0 Å². The molecule has 23 heavy (non-hydrogen) atoms. The zero-order valence-electron chi connectivity index (χ0n) is 14.5. The normalized spacial score (nSPS) is 27.8. The van der Waals surface area contributed by atoms with Crippen LogP contribution in [0.15, 0.2) is 0 Å². The summed E-state index contributed by atoms with van der Waals surface area (Å²) in [6, 6.07) is 2.03. The maximum Gasteiger partial charge on any atom is 0.317 e. The van der Waals surface area contributed by atoms with E-state index < -0.39 is 0 Å². The van der Waals surface area contributed by atoms with E-state index in [2.05, 4.69) is 15.1 Å². The summed E-state index contributed by atoms with van der Waals surface area (Å²) in [4.78, 5) is 17.8. The van der Waals surface area contributed by atoms with E-state index in [0.29, 0.717) is 12.1 Å². The average Bonchev–Trinajstić information content (AvgIpc) is 3.48. The van der Waals surface area contributed by atoms with Crippen molar-refractivity contribution in [3.63, 3.8) is 0 Å². The molecular weight excluding hydrogens is 286 g/mol. The Morgan fingerprint density at radius 3 is 2.22 bits per heavy atom. The van der Waals surface area contributed by atoms with Crippen molar-refractivity contribution in [2.75, 3.05) is 19.6 Å². The number of urea groups is 1. The lowest BCUT2D eigenvalue weighted by Gasteiger charge is -2.37. The Hall–Kier alpha value is -0.770. The van der Waals surface area contributed by atoms with Crippen LogP contribution in [-0.2, 0) is 0 Å². The largest absolute Gasteiger partial charge is 0.335 e. The maximum atomic E-state index is 12.9. The summed E-state index contributed by atoms with van der Waals surface area (Å²) in [7, 11) is 0. The zero-order valence-corrected chi connectivity index (χ0v) is 14.5. The van der Waals surface area contributed by atoms with Gasteiger partial charge in [0.15, 0.2) is 0 Å². The summed E-state index contributed by atoms with van der Waals surface area (Å²) in [5, 5.41) is 3.39. The minimum atomic E-state index is 0.244. The lowest BCUT2D eigenvalue weighted by Crippen LogP contribution is -2.53. The molecule has 4 rings (SSSR count). The first-order valence-electron chi connectivity index (χ1n) is 10.1. The number of hydrogen-bond donors (Lipinski definition) is 1. The van der Waals surface area contributed by atoms with E-state index >= 15 is 0 Å². The monoisotopic (exact) mass is 319 g/mol. The van der Waals surface area contributed by atoms with Gasteiger partial charge in [0.25, 0.3) is 0 Å². The van der Waals surface area contributed by atoms with Crippen LogP contribution in [0.4, 0.5) is 4.79 Å². The number of hydrogen-bond acceptors (Lipinski definition) is 2. The van der Waals surface area contributed by atoms with E-state index in [1.807, 2.05) is 0 Å². The highest BCUT2D eigenvalue weighted by Gasteiger charge is 2.35. The van der Waals surface area contributed by atoms with E-state index in [9.17, 15) is 4.79 Å². The molecule has 1 heterocycles. The van der Waals surface area contributed by atoms with Gasteiger partial charge in [-0.1, -0.05) is 19.3 Å². The second kappa shape index (κ2) is 7.00. The summed E-state index contributed by atoms with van der Waals surface area (Å²) >= 11 is 0. The molecule has 0 aromatic rings. The smallest absolute Gasteiger partial charge is 0.317 e. The summed E-state index contributed by atoms with van der Waals surface area (Å²) < 4.78 is 0. The van der Waals surface area contributed by atoms with Crippen LogP contribution in [0.25, 0.3) is 0 Å². The summed E-state index contributed by atoms with van der Waals surface area (Å²) in [6.07, 6.45) is 14.1. The molecule has 2 amide bonds. The minimum absolute atomic E-state index is 0.244. The van der Waals surface area contributed by atoms with Gasteiger partial charge in [0.2, 0.25) is 0 Å². The van der Waals surface area contributed by atoms with Gasteiger partial charge in [-0.25, -0.2) is 4.79 Å². The van der Waals surface area contributed by atoms with Crippen LogP contribution >= 0.6 is 0 Å². The van der Waals surface area contributed by atoms with Gasteiger partial charge < -0.3 is 15.1 Å². The Labute approximate surface area is 141 Å². The highest BCUT2D eigenvalue weighted by Crippen LogP contribution is 2.33. The summed E-state index contributed by atoms with van der Waals surface area (Å²) in [5.74, 6) is 0.791. The zero-order chi connectivity index (χ0) is 15.6. The molecule has 0 bridgehead atoms. The minimum Gasteiger partial charge on any atom is -0.335 e. The molecule has 3 aliphatic carbocycles. The van der Waals surface area contributed by atoms with E-state index in [0.717, 1.165) is 31.3 Å². The number of carbonyl (C=O) groups is 1. The number of rotatable bonds is 5. The van der Waals surface area contributed by atoms with Crippen LogP contribution in [0.1, 0.15) is 70.6 Å². The summed E-state index contributed by atoms with van der Waals surface area (Å²) in [5.41, 5.74) is 0. The van der Waals surface area contributed by atoms with E-state index in [4.69, 9.17) is 0 Å². The van der Waals surface area contributed by atoms with Crippen LogP contribution in [0.3, 0.4) is 0 Å². The third kappa shape index (κ3) is 4.20. The molecular formula is C19H33N3O. The van der Waals surface area contributed by atoms with Crippen LogP contribution in [-0.4, -0.2) is 53.6 Å². The number of amides is 2. The predicted molar refractivity (Wildman–Crippen MR) is 92.5 cm³/mol. The SMILES string of the molecule is O=C(NC1CCN(C2CC2)CC1)N(CC1CC1)C1CCCCC1. The van der Waals surface area contributed by atoms with Crippen molar-refractivity contribution in [1.29, 1.82) is 0 Å². The van der Waals surface area contributed by atoms with Crippen molar-refractivity contribution in [1.82, 2.24) is 15.1 Å². The fourth-order valence-electron chi connectivity index (χ4n) is 4.48. The lowest BCUT2D eigenvalue weighted by atomic mass is 9.94. The first kappa shape index (κ1) is 15.7. The summed E-state index contributed by atoms with van der Waals surface area (Å²) in [6.45, 7) is 3.38. The third-order valence-electron chi connectivity index (χ3n) is 6.35. The Bertz CT molecular complexity index is 405. The fraction of sp³-hybridized carbons (Fsp3) is 0.947. The van der Waals surface area contributed by atoms with Gasteiger partial charge >= 0.3 is 6.03 Å². The Balaban J connectivity index is 1.29. The Morgan fingerprint density at radius 1 is 0.913 bits per heavy atom. The quantitative estimate of drug-likeness (QED) is 0.843. The number of nitrogens with zero attached hydrogens (tertiary/aromatic N) is 2. The number of carbonyl (C=O) groups excluding carboxylic acids is 1. The molecule has 0 spiro atoms. The highest BCUT2D eigenvalue weighted by atomic mass is 16.2. The van der Waals surface area contributed by atoms with Crippen LogP contribution in [0.5, 0.6) is 0 Å².